The predicted octanol–water partition coefficient (Wildman–Crippen LogP) is 2.21. The zero-order valence-electron chi connectivity index (χ0n) is 10.4. The first-order chi connectivity index (χ1) is 9.11. The lowest BCUT2D eigenvalue weighted by atomic mass is 10.2. The Morgan fingerprint density at radius 1 is 1.26 bits per heavy atom. The summed E-state index contributed by atoms with van der Waals surface area (Å²) in [6.07, 6.45) is 5.42. The highest BCUT2D eigenvalue weighted by Crippen LogP contribution is 2.12. The van der Waals surface area contributed by atoms with Gasteiger partial charge in [0.15, 0.2) is 0 Å². The van der Waals surface area contributed by atoms with Gasteiger partial charge >= 0.3 is 5.69 Å². The van der Waals surface area contributed by atoms with Gasteiger partial charge in [-0.05, 0) is 29.8 Å². The molecule has 19 heavy (non-hydrogen) atoms. The van der Waals surface area contributed by atoms with E-state index < -0.39 is 0 Å². The van der Waals surface area contributed by atoms with Gasteiger partial charge in [-0.3, -0.25) is 9.36 Å². The van der Waals surface area contributed by atoms with Crippen LogP contribution in [0, 0.1) is 0 Å². The fraction of sp³-hybridized carbons (Fsp3) is 0.143. The lowest BCUT2D eigenvalue weighted by molar-refractivity contribution is -0.104. The van der Waals surface area contributed by atoms with Gasteiger partial charge in [0.05, 0.1) is 12.2 Å². The number of benzene rings is 1. The summed E-state index contributed by atoms with van der Waals surface area (Å²) in [5.74, 6) is 0. The van der Waals surface area contributed by atoms with Crippen molar-refractivity contribution in [3.8, 4) is 0 Å². The number of nitrogens with zero attached hydrogens (tertiary/aromatic N) is 2. The average Bonchev–Trinajstić information content (AvgIpc) is 2.67. The Labute approximate surface area is 119 Å². The molecule has 0 atom stereocenters. The van der Waals surface area contributed by atoms with Crippen molar-refractivity contribution in [1.82, 2.24) is 9.13 Å². The second-order valence-electron chi connectivity index (χ2n) is 4.16. The number of aryl methyl sites for hydroxylation is 1. The van der Waals surface area contributed by atoms with E-state index >= 15 is 0 Å². The van der Waals surface area contributed by atoms with Crippen LogP contribution in [-0.2, 0) is 18.4 Å². The van der Waals surface area contributed by atoms with E-state index in [0.29, 0.717) is 18.5 Å². The zero-order valence-corrected chi connectivity index (χ0v) is 12.0. The molecule has 0 saturated carbocycles. The van der Waals surface area contributed by atoms with Gasteiger partial charge in [-0.1, -0.05) is 28.1 Å². The smallest absolute Gasteiger partial charge is 0.302 e. The van der Waals surface area contributed by atoms with Gasteiger partial charge in [-0.25, -0.2) is 4.79 Å². The van der Waals surface area contributed by atoms with Crippen LogP contribution in [0.4, 0.5) is 0 Å². The summed E-state index contributed by atoms with van der Waals surface area (Å²) in [6.45, 7) is 0.478. The number of carbonyl (C=O) groups excluding carboxylic acids is 1. The van der Waals surface area contributed by atoms with Crippen LogP contribution >= 0.6 is 15.9 Å². The summed E-state index contributed by atoms with van der Waals surface area (Å²) in [6, 6.07) is 7.78. The Bertz CT molecular complexity index is 666. The van der Waals surface area contributed by atoms with E-state index in [1.54, 1.807) is 23.9 Å². The van der Waals surface area contributed by atoms with Crippen molar-refractivity contribution in [3.05, 3.63) is 62.8 Å². The quantitative estimate of drug-likeness (QED) is 0.640. The summed E-state index contributed by atoms with van der Waals surface area (Å²) < 4.78 is 4.13. The van der Waals surface area contributed by atoms with Crippen LogP contribution < -0.4 is 5.69 Å². The van der Waals surface area contributed by atoms with Gasteiger partial charge < -0.3 is 4.57 Å². The third-order valence-electron chi connectivity index (χ3n) is 2.77. The number of halogens is 1. The first-order valence-corrected chi connectivity index (χ1v) is 6.53. The molecule has 0 aliphatic carbocycles. The van der Waals surface area contributed by atoms with Crippen LogP contribution in [-0.4, -0.2) is 15.4 Å². The molecule has 5 heteroatoms. The highest BCUT2D eigenvalue weighted by molar-refractivity contribution is 9.10. The maximum Gasteiger partial charge on any atom is 0.328 e. The van der Waals surface area contributed by atoms with E-state index in [9.17, 15) is 9.59 Å². The average molecular weight is 321 g/mol. The van der Waals surface area contributed by atoms with Crippen LogP contribution in [0.25, 0.3) is 6.08 Å². The molecule has 0 saturated heterocycles. The normalized spacial score (nSPS) is 11.1. The van der Waals surface area contributed by atoms with Crippen LogP contribution in [0.15, 0.2) is 45.8 Å². The fourth-order valence-electron chi connectivity index (χ4n) is 1.83. The van der Waals surface area contributed by atoms with Gasteiger partial charge in [-0.2, -0.15) is 0 Å². The second kappa shape index (κ2) is 5.84. The topological polar surface area (TPSA) is 44.0 Å². The molecule has 0 N–H and O–H groups in total. The molecular formula is C14H13BrN2O2. The standard InChI is InChI=1S/C14H13BrN2O2/c1-16-10-13(3-2-8-18)17(14(16)19)9-11-4-6-12(15)7-5-11/h2-8,10H,9H2,1H3/b3-2-. The second-order valence-corrected chi connectivity index (χ2v) is 5.07. The van der Waals surface area contributed by atoms with Gasteiger partial charge in [0.1, 0.15) is 6.29 Å². The van der Waals surface area contributed by atoms with Crippen molar-refractivity contribution >= 4 is 28.3 Å². The van der Waals surface area contributed by atoms with E-state index in [1.165, 1.54) is 10.6 Å². The number of hydrogen-bond donors (Lipinski definition) is 0. The molecular weight excluding hydrogens is 308 g/mol. The maximum absolute atomic E-state index is 12.0. The minimum atomic E-state index is -0.103. The number of imidazole rings is 1. The van der Waals surface area contributed by atoms with Crippen LogP contribution in [0.1, 0.15) is 11.3 Å². The minimum Gasteiger partial charge on any atom is -0.302 e. The first kappa shape index (κ1) is 13.5. The molecule has 1 aromatic carbocycles. The summed E-state index contributed by atoms with van der Waals surface area (Å²) in [7, 11) is 1.69. The SMILES string of the molecule is Cn1cc(/C=C\C=O)n(Cc2ccc(Br)cc2)c1=O. The summed E-state index contributed by atoms with van der Waals surface area (Å²) in [5.41, 5.74) is 1.63. The summed E-state index contributed by atoms with van der Waals surface area (Å²) >= 11 is 3.38. The number of rotatable bonds is 4. The van der Waals surface area contributed by atoms with E-state index in [2.05, 4.69) is 15.9 Å². The number of aldehydes is 1. The molecule has 0 aliphatic rings. The van der Waals surface area contributed by atoms with Crippen molar-refractivity contribution in [3.63, 3.8) is 0 Å². The number of allylic oxidation sites excluding steroid dienone is 1. The molecule has 0 radical (unpaired) electrons. The largest absolute Gasteiger partial charge is 0.328 e. The van der Waals surface area contributed by atoms with Crippen LogP contribution in [0.2, 0.25) is 0 Å². The number of aromatic nitrogens is 2. The highest BCUT2D eigenvalue weighted by atomic mass is 79.9. The molecule has 2 rings (SSSR count). The van der Waals surface area contributed by atoms with Crippen molar-refractivity contribution in [2.45, 2.75) is 6.54 Å². The fourth-order valence-corrected chi connectivity index (χ4v) is 2.09. The van der Waals surface area contributed by atoms with Crippen molar-refractivity contribution in [2.75, 3.05) is 0 Å². The molecule has 0 unspecified atom stereocenters. The molecule has 1 heterocycles. The molecule has 98 valence electrons. The number of hydrogen-bond acceptors (Lipinski definition) is 2. The minimum absolute atomic E-state index is 0.103. The van der Waals surface area contributed by atoms with Gasteiger partial charge in [-0.15, -0.1) is 0 Å². The van der Waals surface area contributed by atoms with Crippen molar-refractivity contribution < 1.29 is 4.79 Å². The van der Waals surface area contributed by atoms with E-state index in [-0.39, 0.29) is 5.69 Å². The van der Waals surface area contributed by atoms with Crippen molar-refractivity contribution in [1.29, 1.82) is 0 Å². The molecule has 0 aliphatic heterocycles. The summed E-state index contributed by atoms with van der Waals surface area (Å²) in [5, 5.41) is 0. The number of carbonyl (C=O) groups is 1. The zero-order chi connectivity index (χ0) is 13.8. The molecule has 1 aromatic heterocycles. The molecule has 0 fully saturated rings. The lowest BCUT2D eigenvalue weighted by Gasteiger charge is -2.04. The van der Waals surface area contributed by atoms with Gasteiger partial charge in [0.25, 0.3) is 0 Å². The monoisotopic (exact) mass is 320 g/mol. The van der Waals surface area contributed by atoms with Gasteiger partial charge in [0, 0.05) is 17.7 Å². The van der Waals surface area contributed by atoms with E-state index in [0.717, 1.165) is 10.0 Å². The highest BCUT2D eigenvalue weighted by Gasteiger charge is 2.07. The van der Waals surface area contributed by atoms with E-state index in [4.69, 9.17) is 0 Å². The summed E-state index contributed by atoms with van der Waals surface area (Å²) in [4.78, 5) is 22.4. The molecule has 0 spiro atoms. The first-order valence-electron chi connectivity index (χ1n) is 5.74. The Kier molecular flexibility index (Phi) is 4.16. The Hall–Kier alpha value is -1.88. The van der Waals surface area contributed by atoms with Crippen LogP contribution in [0.5, 0.6) is 0 Å². The van der Waals surface area contributed by atoms with Crippen molar-refractivity contribution in [2.24, 2.45) is 7.05 Å². The van der Waals surface area contributed by atoms with Gasteiger partial charge in [0.2, 0.25) is 0 Å². The third kappa shape index (κ3) is 3.12. The maximum atomic E-state index is 12.0. The third-order valence-corrected chi connectivity index (χ3v) is 3.30. The molecule has 0 amide bonds. The predicted molar refractivity (Wildman–Crippen MR) is 78.0 cm³/mol. The molecule has 0 bridgehead atoms. The molecule has 2 aromatic rings. The van der Waals surface area contributed by atoms with Crippen LogP contribution in [0.3, 0.4) is 0 Å². The van der Waals surface area contributed by atoms with E-state index in [1.807, 2.05) is 24.3 Å². The molecule has 4 nitrogen and oxygen atoms in total. The Morgan fingerprint density at radius 2 is 1.95 bits per heavy atom. The lowest BCUT2D eigenvalue weighted by Crippen LogP contribution is -2.23. The Balaban J connectivity index is 2.38. The Morgan fingerprint density at radius 3 is 2.58 bits per heavy atom.